The monoisotopic (exact) mass is 329 g/mol. The summed E-state index contributed by atoms with van der Waals surface area (Å²) in [7, 11) is 1.33. The number of hydrogen-bond donors (Lipinski definition) is 4. The molecule has 0 fully saturated rings. The summed E-state index contributed by atoms with van der Waals surface area (Å²) in [4.78, 5) is 33.4. The fourth-order valence-corrected chi connectivity index (χ4v) is 1.92. The molecule has 0 aliphatic heterocycles. The molecule has 0 heterocycles. The van der Waals surface area contributed by atoms with Gasteiger partial charge < -0.3 is 26.2 Å². The van der Waals surface area contributed by atoms with Gasteiger partial charge in [-0.25, -0.2) is 4.79 Å². The van der Waals surface area contributed by atoms with Crippen LogP contribution in [-0.4, -0.2) is 36.7 Å². The van der Waals surface area contributed by atoms with Crippen LogP contribution in [0.4, 0.5) is 10.5 Å². The topological polar surface area (TPSA) is 131 Å². The van der Waals surface area contributed by atoms with Gasteiger partial charge in [0.25, 0.3) is 5.91 Å². The number of anilines is 1. The molecule has 1 rings (SSSR count). The number of carbonyl (C=O) groups is 3. The normalized spacial score (nSPS) is 9.91. The lowest BCUT2D eigenvalue weighted by atomic mass is 10.1. The molecule has 0 atom stereocenters. The lowest BCUT2D eigenvalue weighted by molar-refractivity contribution is -0.137. The van der Waals surface area contributed by atoms with Crippen LogP contribution in [0.1, 0.15) is 23.2 Å². The highest BCUT2D eigenvalue weighted by Crippen LogP contribution is 2.32. The van der Waals surface area contributed by atoms with Gasteiger partial charge in [0.2, 0.25) is 0 Å². The van der Waals surface area contributed by atoms with Gasteiger partial charge in [-0.05, 0) is 18.6 Å². The number of hydrogen-bond acceptors (Lipinski definition) is 4. The molecular weight excluding hydrogens is 314 g/mol. The third-order valence-electron chi connectivity index (χ3n) is 2.62. The van der Waals surface area contributed by atoms with Crippen LogP contribution >= 0.6 is 11.6 Å². The van der Waals surface area contributed by atoms with Crippen LogP contribution in [0.5, 0.6) is 5.75 Å². The Morgan fingerprint density at radius 2 is 2.05 bits per heavy atom. The molecule has 120 valence electrons. The van der Waals surface area contributed by atoms with Gasteiger partial charge in [-0.15, -0.1) is 0 Å². The van der Waals surface area contributed by atoms with Crippen LogP contribution in [0.15, 0.2) is 12.1 Å². The highest BCUT2D eigenvalue weighted by molar-refractivity contribution is 6.31. The van der Waals surface area contributed by atoms with Crippen LogP contribution in [0, 0.1) is 0 Å². The minimum Gasteiger partial charge on any atom is -0.494 e. The lowest BCUT2D eigenvalue weighted by Gasteiger charge is -2.14. The summed E-state index contributed by atoms with van der Waals surface area (Å²) in [5.74, 6) is -1.59. The number of ether oxygens (including phenoxy) is 1. The van der Waals surface area contributed by atoms with E-state index in [0.717, 1.165) is 0 Å². The number of primary amides is 1. The fourth-order valence-electron chi connectivity index (χ4n) is 1.70. The van der Waals surface area contributed by atoms with Crippen molar-refractivity contribution in [3.8, 4) is 5.75 Å². The molecule has 1 aromatic carbocycles. The fraction of sp³-hybridized carbons (Fsp3) is 0.308. The number of benzene rings is 1. The van der Waals surface area contributed by atoms with Crippen molar-refractivity contribution in [3.05, 3.63) is 22.7 Å². The van der Waals surface area contributed by atoms with Gasteiger partial charge in [0.1, 0.15) is 0 Å². The Labute approximate surface area is 131 Å². The van der Waals surface area contributed by atoms with Crippen LogP contribution in [-0.2, 0) is 4.79 Å². The molecule has 0 unspecified atom stereocenters. The minimum absolute atomic E-state index is 0.0381. The van der Waals surface area contributed by atoms with E-state index in [1.54, 1.807) is 0 Å². The number of halogens is 1. The standard InChI is InChI=1S/C13H16ClN3O5/c1-22-11-8(12(15)20)5-7(14)6-9(11)17-13(21)16-4-2-3-10(18)19/h5-6H,2-4H2,1H3,(H2,15,20)(H,18,19)(H2,16,17,21). The maximum Gasteiger partial charge on any atom is 0.319 e. The number of carboxylic acids is 1. The Kier molecular flexibility index (Phi) is 6.46. The molecule has 0 spiro atoms. The van der Waals surface area contributed by atoms with Gasteiger partial charge in [-0.2, -0.15) is 0 Å². The second kappa shape index (κ2) is 8.08. The molecule has 8 nitrogen and oxygen atoms in total. The zero-order chi connectivity index (χ0) is 16.7. The van der Waals surface area contributed by atoms with Crippen LogP contribution in [0.2, 0.25) is 5.02 Å². The average molecular weight is 330 g/mol. The number of rotatable bonds is 7. The third-order valence-corrected chi connectivity index (χ3v) is 2.84. The van der Waals surface area contributed by atoms with Crippen molar-refractivity contribution < 1.29 is 24.2 Å². The summed E-state index contributed by atoms with van der Waals surface area (Å²) in [6, 6.07) is 2.16. The van der Waals surface area contributed by atoms with Crippen LogP contribution in [0.25, 0.3) is 0 Å². The predicted molar refractivity (Wildman–Crippen MR) is 80.4 cm³/mol. The first-order valence-corrected chi connectivity index (χ1v) is 6.67. The smallest absolute Gasteiger partial charge is 0.319 e. The molecule has 0 aliphatic carbocycles. The molecule has 1 aromatic rings. The molecule has 5 N–H and O–H groups in total. The molecule has 22 heavy (non-hydrogen) atoms. The summed E-state index contributed by atoms with van der Waals surface area (Å²) >= 11 is 5.87. The summed E-state index contributed by atoms with van der Waals surface area (Å²) < 4.78 is 5.07. The number of nitrogens with one attached hydrogen (secondary N) is 2. The number of urea groups is 1. The largest absolute Gasteiger partial charge is 0.494 e. The van der Waals surface area contributed by atoms with Crippen LogP contribution in [0.3, 0.4) is 0 Å². The number of amides is 3. The van der Waals surface area contributed by atoms with Gasteiger partial charge in [0, 0.05) is 18.0 Å². The Morgan fingerprint density at radius 3 is 2.59 bits per heavy atom. The van der Waals surface area contributed by atoms with E-state index in [-0.39, 0.29) is 35.0 Å². The first-order chi connectivity index (χ1) is 10.3. The number of methoxy groups -OCH3 is 1. The van der Waals surface area contributed by atoms with E-state index < -0.39 is 17.9 Å². The van der Waals surface area contributed by atoms with Gasteiger partial charge >= 0.3 is 12.0 Å². The maximum absolute atomic E-state index is 11.7. The summed E-state index contributed by atoms with van der Waals surface area (Å²) in [5, 5.41) is 13.6. The molecule has 3 amide bonds. The van der Waals surface area contributed by atoms with Crippen LogP contribution < -0.4 is 21.1 Å². The van der Waals surface area contributed by atoms with Gasteiger partial charge in [-0.3, -0.25) is 9.59 Å². The summed E-state index contributed by atoms with van der Waals surface area (Å²) in [5.41, 5.74) is 5.44. The van der Waals surface area contributed by atoms with E-state index in [2.05, 4.69) is 10.6 Å². The number of carbonyl (C=O) groups excluding carboxylic acids is 2. The van der Waals surface area contributed by atoms with Crippen molar-refractivity contribution >= 4 is 35.2 Å². The zero-order valence-electron chi connectivity index (χ0n) is 11.8. The average Bonchev–Trinajstić information content (AvgIpc) is 2.42. The Bertz CT molecular complexity index is 591. The molecule has 0 saturated carbocycles. The number of carboxylic acid groups (broad SMARTS) is 1. The maximum atomic E-state index is 11.7. The second-order valence-electron chi connectivity index (χ2n) is 4.28. The SMILES string of the molecule is COc1c(NC(=O)NCCCC(=O)O)cc(Cl)cc1C(N)=O. The van der Waals surface area contributed by atoms with Gasteiger partial charge in [0.15, 0.2) is 5.75 Å². The van der Waals surface area contributed by atoms with Crippen molar-refractivity contribution in [1.29, 1.82) is 0 Å². The van der Waals surface area contributed by atoms with Crippen molar-refractivity contribution in [1.82, 2.24) is 5.32 Å². The number of aliphatic carboxylic acids is 1. The lowest BCUT2D eigenvalue weighted by Crippen LogP contribution is -2.30. The first kappa shape index (κ1) is 17.6. The Balaban J connectivity index is 2.78. The van der Waals surface area contributed by atoms with Gasteiger partial charge in [-0.1, -0.05) is 11.6 Å². The number of nitrogens with two attached hydrogens (primary N) is 1. The van der Waals surface area contributed by atoms with E-state index in [1.807, 2.05) is 0 Å². The predicted octanol–water partition coefficient (Wildman–Crippen LogP) is 1.43. The van der Waals surface area contributed by atoms with E-state index in [9.17, 15) is 14.4 Å². The zero-order valence-corrected chi connectivity index (χ0v) is 12.6. The molecule has 9 heteroatoms. The van der Waals surface area contributed by atoms with E-state index in [4.69, 9.17) is 27.2 Å². The van der Waals surface area contributed by atoms with Crippen molar-refractivity contribution in [2.45, 2.75) is 12.8 Å². The Morgan fingerprint density at radius 1 is 1.36 bits per heavy atom. The molecule has 0 aliphatic rings. The highest BCUT2D eigenvalue weighted by Gasteiger charge is 2.17. The quantitative estimate of drug-likeness (QED) is 0.562. The van der Waals surface area contributed by atoms with Crippen molar-refractivity contribution in [2.75, 3.05) is 19.0 Å². The molecule has 0 bridgehead atoms. The highest BCUT2D eigenvalue weighted by atomic mass is 35.5. The summed E-state index contributed by atoms with van der Waals surface area (Å²) in [6.45, 7) is 0.184. The van der Waals surface area contributed by atoms with E-state index in [0.29, 0.717) is 6.42 Å². The van der Waals surface area contributed by atoms with Crippen molar-refractivity contribution in [3.63, 3.8) is 0 Å². The third kappa shape index (κ3) is 5.13. The molecule has 0 radical (unpaired) electrons. The van der Waals surface area contributed by atoms with Crippen molar-refractivity contribution in [2.24, 2.45) is 5.73 Å². The van der Waals surface area contributed by atoms with E-state index in [1.165, 1.54) is 19.2 Å². The molecule has 0 aromatic heterocycles. The minimum atomic E-state index is -0.940. The van der Waals surface area contributed by atoms with E-state index >= 15 is 0 Å². The first-order valence-electron chi connectivity index (χ1n) is 6.29. The Hall–Kier alpha value is -2.48. The van der Waals surface area contributed by atoms with Gasteiger partial charge in [0.05, 0.1) is 18.4 Å². The molecular formula is C13H16ClN3O5. The molecule has 0 saturated heterocycles. The second-order valence-corrected chi connectivity index (χ2v) is 4.71. The summed E-state index contributed by atoms with van der Waals surface area (Å²) in [6.07, 6.45) is 0.245.